The Morgan fingerprint density at radius 2 is 1.95 bits per heavy atom. The van der Waals surface area contributed by atoms with E-state index in [1.807, 2.05) is 20.1 Å². The van der Waals surface area contributed by atoms with Crippen LogP contribution in [-0.4, -0.2) is 23.8 Å². The molecule has 0 bridgehead atoms. The fourth-order valence-electron chi connectivity index (χ4n) is 2.82. The molecule has 0 aromatic carbocycles. The van der Waals surface area contributed by atoms with Crippen LogP contribution in [0.4, 0.5) is 0 Å². The van der Waals surface area contributed by atoms with Crippen molar-refractivity contribution in [3.63, 3.8) is 0 Å². The molecule has 3 heteroatoms. The number of hydrogen-bond donors (Lipinski definition) is 1. The Morgan fingerprint density at radius 1 is 1.32 bits per heavy atom. The van der Waals surface area contributed by atoms with Crippen LogP contribution in [0.25, 0.3) is 0 Å². The maximum atomic E-state index is 10.5. The molecule has 0 rings (SSSR count). The number of ether oxygens (including phenoxy) is 1. The number of carboxylic acid groups (broad SMARTS) is 1. The van der Waals surface area contributed by atoms with Crippen LogP contribution >= 0.6 is 0 Å². The van der Waals surface area contributed by atoms with E-state index in [0.29, 0.717) is 11.8 Å². The van der Waals surface area contributed by atoms with Gasteiger partial charge in [0.1, 0.15) is 0 Å². The van der Waals surface area contributed by atoms with Gasteiger partial charge in [-0.15, -0.1) is 0 Å². The molecule has 1 N–H and O–H groups in total. The monoisotopic (exact) mass is 310 g/mol. The van der Waals surface area contributed by atoms with Crippen LogP contribution in [0, 0.1) is 11.8 Å². The molecule has 128 valence electrons. The second-order valence-electron chi connectivity index (χ2n) is 7.11. The van der Waals surface area contributed by atoms with Crippen molar-refractivity contribution in [2.75, 3.05) is 7.11 Å². The zero-order valence-corrected chi connectivity index (χ0v) is 15.2. The second-order valence-corrected chi connectivity index (χ2v) is 7.11. The molecule has 3 nitrogen and oxygen atoms in total. The fourth-order valence-corrected chi connectivity index (χ4v) is 2.82. The molecule has 0 aliphatic carbocycles. The Bertz CT molecular complexity index is 382. The van der Waals surface area contributed by atoms with Crippen molar-refractivity contribution in [1.29, 1.82) is 0 Å². The zero-order chi connectivity index (χ0) is 17.2. The van der Waals surface area contributed by atoms with Gasteiger partial charge < -0.3 is 9.84 Å². The summed E-state index contributed by atoms with van der Waals surface area (Å²) in [5, 5.41) is 8.65. The van der Waals surface area contributed by atoms with Gasteiger partial charge in [0.05, 0.1) is 5.60 Å². The molecule has 0 aliphatic heterocycles. The minimum Gasteiger partial charge on any atom is -0.478 e. The zero-order valence-electron chi connectivity index (χ0n) is 15.2. The standard InChI is InChI=1S/C19H34O3/c1-15(2)14-19(5,22-6)12-8-11-16(3)9-7-10-17(4)13-18(20)21/h7,10,13,15-16H,8-9,11-12,14H2,1-6H3,(H,20,21)/b10-7+,17-13+/t16?,19-/m0/s1. The predicted octanol–water partition coefficient (Wildman–Crippen LogP) is 5.22. The number of allylic oxidation sites excluding steroid dienone is 3. The van der Waals surface area contributed by atoms with Gasteiger partial charge in [-0.1, -0.05) is 45.8 Å². The Balaban J connectivity index is 4.11. The van der Waals surface area contributed by atoms with Crippen LogP contribution in [0.3, 0.4) is 0 Å². The van der Waals surface area contributed by atoms with Gasteiger partial charge in [-0.3, -0.25) is 0 Å². The molecule has 0 heterocycles. The van der Waals surface area contributed by atoms with Crippen molar-refractivity contribution in [3.05, 3.63) is 23.8 Å². The second kappa shape index (κ2) is 10.6. The topological polar surface area (TPSA) is 46.5 Å². The van der Waals surface area contributed by atoms with Gasteiger partial charge in [-0.25, -0.2) is 4.79 Å². The van der Waals surface area contributed by atoms with Crippen molar-refractivity contribution in [2.45, 2.75) is 72.3 Å². The smallest absolute Gasteiger partial charge is 0.328 e. The minimum atomic E-state index is -0.890. The van der Waals surface area contributed by atoms with Gasteiger partial charge in [0.2, 0.25) is 0 Å². The summed E-state index contributed by atoms with van der Waals surface area (Å²) >= 11 is 0. The van der Waals surface area contributed by atoms with E-state index in [0.717, 1.165) is 31.3 Å². The Hall–Kier alpha value is -1.09. The van der Waals surface area contributed by atoms with Crippen molar-refractivity contribution >= 4 is 5.97 Å². The molecule has 1 unspecified atom stereocenters. The number of methoxy groups -OCH3 is 1. The molecule has 0 radical (unpaired) electrons. The summed E-state index contributed by atoms with van der Waals surface area (Å²) < 4.78 is 5.70. The highest BCUT2D eigenvalue weighted by molar-refractivity contribution is 5.81. The average Bonchev–Trinajstić information content (AvgIpc) is 2.36. The number of hydrogen-bond acceptors (Lipinski definition) is 2. The van der Waals surface area contributed by atoms with E-state index in [1.165, 1.54) is 12.5 Å². The van der Waals surface area contributed by atoms with E-state index in [1.54, 1.807) is 0 Å². The van der Waals surface area contributed by atoms with Gasteiger partial charge in [-0.05, 0) is 50.5 Å². The van der Waals surface area contributed by atoms with Crippen LogP contribution in [-0.2, 0) is 9.53 Å². The SMILES string of the molecule is CO[C@@](C)(CCCC(C)C/C=C/C(C)=C/C(=O)O)CC(C)C. The quantitative estimate of drug-likeness (QED) is 0.420. The third-order valence-corrected chi connectivity index (χ3v) is 4.01. The summed E-state index contributed by atoms with van der Waals surface area (Å²) in [5.74, 6) is 0.363. The number of aliphatic carboxylic acids is 1. The summed E-state index contributed by atoms with van der Waals surface area (Å²) in [7, 11) is 1.81. The lowest BCUT2D eigenvalue weighted by Crippen LogP contribution is -2.29. The van der Waals surface area contributed by atoms with E-state index >= 15 is 0 Å². The average molecular weight is 310 g/mol. The summed E-state index contributed by atoms with van der Waals surface area (Å²) in [5.41, 5.74) is 0.772. The van der Waals surface area contributed by atoms with Crippen LogP contribution < -0.4 is 0 Å². The first-order valence-corrected chi connectivity index (χ1v) is 8.31. The van der Waals surface area contributed by atoms with Crippen LogP contribution in [0.1, 0.15) is 66.7 Å². The maximum Gasteiger partial charge on any atom is 0.328 e. The summed E-state index contributed by atoms with van der Waals surface area (Å²) in [6.45, 7) is 10.7. The van der Waals surface area contributed by atoms with Gasteiger partial charge in [0.25, 0.3) is 0 Å². The lowest BCUT2D eigenvalue weighted by Gasteiger charge is -2.30. The number of rotatable bonds is 11. The Kier molecular flexibility index (Phi) is 10.1. The lowest BCUT2D eigenvalue weighted by molar-refractivity contribution is -0.131. The number of carboxylic acids is 1. The minimum absolute atomic E-state index is 0.00939. The molecule has 0 saturated carbocycles. The van der Waals surface area contributed by atoms with Gasteiger partial charge in [0.15, 0.2) is 0 Å². The molecule has 0 aromatic rings. The first kappa shape index (κ1) is 20.9. The maximum absolute atomic E-state index is 10.5. The third-order valence-electron chi connectivity index (χ3n) is 4.01. The molecule has 0 aliphatic rings. The number of carbonyl (C=O) groups is 1. The molecule has 0 saturated heterocycles. The van der Waals surface area contributed by atoms with E-state index in [4.69, 9.17) is 9.84 Å². The normalized spacial score (nSPS) is 17.0. The van der Waals surface area contributed by atoms with Gasteiger partial charge in [0, 0.05) is 13.2 Å². The summed E-state index contributed by atoms with van der Waals surface area (Å²) in [4.78, 5) is 10.5. The van der Waals surface area contributed by atoms with E-state index in [9.17, 15) is 4.79 Å². The molecular weight excluding hydrogens is 276 g/mol. The third kappa shape index (κ3) is 10.6. The van der Waals surface area contributed by atoms with Gasteiger partial charge >= 0.3 is 5.97 Å². The van der Waals surface area contributed by atoms with Crippen molar-refractivity contribution in [1.82, 2.24) is 0 Å². The first-order valence-electron chi connectivity index (χ1n) is 8.31. The molecule has 0 amide bonds. The Morgan fingerprint density at radius 3 is 2.45 bits per heavy atom. The molecule has 22 heavy (non-hydrogen) atoms. The molecule has 2 atom stereocenters. The fraction of sp³-hybridized carbons (Fsp3) is 0.737. The molecule has 0 spiro atoms. The highest BCUT2D eigenvalue weighted by atomic mass is 16.5. The molecule has 0 aromatic heterocycles. The van der Waals surface area contributed by atoms with Crippen molar-refractivity contribution in [2.24, 2.45) is 11.8 Å². The molecular formula is C19H34O3. The summed E-state index contributed by atoms with van der Waals surface area (Å²) in [6.07, 6.45) is 10.7. The largest absolute Gasteiger partial charge is 0.478 e. The van der Waals surface area contributed by atoms with Crippen LogP contribution in [0.2, 0.25) is 0 Å². The predicted molar refractivity (Wildman–Crippen MR) is 93.0 cm³/mol. The van der Waals surface area contributed by atoms with Gasteiger partial charge in [-0.2, -0.15) is 0 Å². The van der Waals surface area contributed by atoms with Crippen LogP contribution in [0.5, 0.6) is 0 Å². The highest BCUT2D eigenvalue weighted by Crippen LogP contribution is 2.27. The van der Waals surface area contributed by atoms with E-state index < -0.39 is 5.97 Å². The van der Waals surface area contributed by atoms with Crippen LogP contribution in [0.15, 0.2) is 23.8 Å². The highest BCUT2D eigenvalue weighted by Gasteiger charge is 2.24. The van der Waals surface area contributed by atoms with E-state index in [-0.39, 0.29) is 5.60 Å². The first-order chi connectivity index (χ1) is 10.2. The lowest BCUT2D eigenvalue weighted by atomic mass is 9.87. The Labute approximate surface area is 136 Å². The molecule has 0 fully saturated rings. The van der Waals surface area contributed by atoms with E-state index in [2.05, 4.69) is 33.8 Å². The summed E-state index contributed by atoms with van der Waals surface area (Å²) in [6, 6.07) is 0. The van der Waals surface area contributed by atoms with Crippen molar-refractivity contribution in [3.8, 4) is 0 Å². The van der Waals surface area contributed by atoms with Crippen molar-refractivity contribution < 1.29 is 14.6 Å².